The first-order chi connectivity index (χ1) is 14.9. The van der Waals surface area contributed by atoms with Gasteiger partial charge in [-0.1, -0.05) is 50.2 Å². The molecule has 0 atom stereocenters. The molecule has 2 aromatic rings. The van der Waals surface area contributed by atoms with E-state index >= 15 is 0 Å². The first kappa shape index (κ1) is 23.0. The number of nitrogens with one attached hydrogen (secondary N) is 1. The molecule has 0 spiro atoms. The Morgan fingerprint density at radius 2 is 1.97 bits per heavy atom. The summed E-state index contributed by atoms with van der Waals surface area (Å²) in [5.74, 6) is 1.19. The predicted molar refractivity (Wildman–Crippen MR) is 129 cm³/mol. The lowest BCUT2D eigenvalue weighted by molar-refractivity contribution is -0.112. The van der Waals surface area contributed by atoms with Crippen molar-refractivity contribution in [1.82, 2.24) is 0 Å². The van der Waals surface area contributed by atoms with E-state index in [1.807, 2.05) is 26.0 Å². The van der Waals surface area contributed by atoms with Gasteiger partial charge in [0.15, 0.2) is 11.5 Å². The third-order valence-corrected chi connectivity index (χ3v) is 6.07. The molecule has 1 aliphatic rings. The van der Waals surface area contributed by atoms with Crippen LogP contribution in [0, 0.1) is 5.92 Å². The number of aryl methyl sites for hydroxylation is 1. The molecule has 31 heavy (non-hydrogen) atoms. The van der Waals surface area contributed by atoms with Crippen molar-refractivity contribution in [3.63, 3.8) is 0 Å². The monoisotopic (exact) mass is 459 g/mol. The van der Waals surface area contributed by atoms with Crippen molar-refractivity contribution in [1.29, 1.82) is 0 Å². The SMILES string of the molecule is CCc1cc2c(cc1N=C(S/C(=C/N)C(=O)Nc1cccc(Cl)c1)C(C)C)OCCO2. The van der Waals surface area contributed by atoms with Gasteiger partial charge in [-0.3, -0.25) is 4.79 Å². The zero-order valence-corrected chi connectivity index (χ0v) is 19.3. The summed E-state index contributed by atoms with van der Waals surface area (Å²) in [6, 6.07) is 10.8. The number of nitrogens with two attached hydrogens (primary N) is 1. The van der Waals surface area contributed by atoms with Crippen LogP contribution in [0.3, 0.4) is 0 Å². The maximum absolute atomic E-state index is 12.8. The van der Waals surface area contributed by atoms with Crippen LogP contribution >= 0.6 is 23.4 Å². The third kappa shape index (κ3) is 5.95. The molecule has 0 aliphatic carbocycles. The van der Waals surface area contributed by atoms with E-state index in [0.717, 1.165) is 28.5 Å². The van der Waals surface area contributed by atoms with Crippen molar-refractivity contribution in [2.75, 3.05) is 18.5 Å². The van der Waals surface area contributed by atoms with Gasteiger partial charge in [-0.05, 0) is 36.2 Å². The first-order valence-electron chi connectivity index (χ1n) is 10.1. The van der Waals surface area contributed by atoms with Crippen molar-refractivity contribution in [2.45, 2.75) is 27.2 Å². The van der Waals surface area contributed by atoms with Crippen LogP contribution in [0.25, 0.3) is 0 Å². The quantitative estimate of drug-likeness (QED) is 0.337. The minimum atomic E-state index is -0.319. The van der Waals surface area contributed by atoms with Gasteiger partial charge in [-0.25, -0.2) is 4.99 Å². The molecule has 0 saturated carbocycles. The Hall–Kier alpha value is -2.64. The predicted octanol–water partition coefficient (Wildman–Crippen LogP) is 5.53. The molecular weight excluding hydrogens is 434 g/mol. The number of benzene rings is 2. The molecular formula is C23H26ClN3O3S. The minimum absolute atomic E-state index is 0.0804. The van der Waals surface area contributed by atoms with E-state index in [1.54, 1.807) is 24.3 Å². The molecule has 0 aromatic heterocycles. The Bertz CT molecular complexity index is 1020. The highest BCUT2D eigenvalue weighted by molar-refractivity contribution is 8.18. The zero-order valence-electron chi connectivity index (χ0n) is 17.8. The maximum Gasteiger partial charge on any atom is 0.263 e. The van der Waals surface area contributed by atoms with Crippen molar-refractivity contribution in [3.05, 3.63) is 58.1 Å². The molecule has 1 aliphatic heterocycles. The van der Waals surface area contributed by atoms with Crippen LogP contribution in [0.1, 0.15) is 26.3 Å². The van der Waals surface area contributed by atoms with E-state index < -0.39 is 0 Å². The average Bonchev–Trinajstić information content (AvgIpc) is 2.75. The molecule has 0 fully saturated rings. The van der Waals surface area contributed by atoms with E-state index in [2.05, 4.69) is 12.2 Å². The fourth-order valence-corrected chi connectivity index (χ4v) is 3.93. The second-order valence-corrected chi connectivity index (χ2v) is 8.68. The number of anilines is 1. The number of rotatable bonds is 6. The van der Waals surface area contributed by atoms with Crippen LogP contribution in [0.15, 0.2) is 52.5 Å². The summed E-state index contributed by atoms with van der Waals surface area (Å²) in [7, 11) is 0. The van der Waals surface area contributed by atoms with Gasteiger partial charge in [0, 0.05) is 28.9 Å². The molecule has 0 bridgehead atoms. The van der Waals surface area contributed by atoms with E-state index in [9.17, 15) is 4.79 Å². The van der Waals surface area contributed by atoms with Gasteiger partial charge < -0.3 is 20.5 Å². The van der Waals surface area contributed by atoms with Crippen molar-refractivity contribution in [2.24, 2.45) is 16.6 Å². The van der Waals surface area contributed by atoms with E-state index in [0.29, 0.717) is 34.6 Å². The number of carbonyl (C=O) groups excluding carboxylic acids is 1. The fraction of sp³-hybridized carbons (Fsp3) is 0.304. The molecule has 164 valence electrons. The highest BCUT2D eigenvalue weighted by Gasteiger charge is 2.19. The number of hydrogen-bond donors (Lipinski definition) is 2. The Kier molecular flexibility index (Phi) is 7.87. The number of thioether (sulfide) groups is 1. The molecule has 0 saturated heterocycles. The zero-order chi connectivity index (χ0) is 22.4. The normalized spacial score (nSPS) is 14.0. The number of nitrogens with zero attached hydrogens (tertiary/aromatic N) is 1. The largest absolute Gasteiger partial charge is 0.486 e. The Labute approximate surface area is 191 Å². The second-order valence-electron chi connectivity index (χ2n) is 7.18. The fourth-order valence-electron chi connectivity index (χ4n) is 2.92. The number of amides is 1. The van der Waals surface area contributed by atoms with Gasteiger partial charge in [0.25, 0.3) is 5.91 Å². The standard InChI is InChI=1S/C23H26ClN3O3S/c1-4-15-10-19-20(30-9-8-29-19)12-18(15)27-23(14(2)3)31-21(13-25)22(28)26-17-7-5-6-16(24)11-17/h5-7,10-14H,4,8-9,25H2,1-3H3,(H,26,28)/b21-13+,27-23?. The first-order valence-corrected chi connectivity index (χ1v) is 11.3. The summed E-state index contributed by atoms with van der Waals surface area (Å²) < 4.78 is 11.4. The molecule has 6 nitrogen and oxygen atoms in total. The van der Waals surface area contributed by atoms with Gasteiger partial charge in [0.05, 0.1) is 15.6 Å². The van der Waals surface area contributed by atoms with Crippen LogP contribution < -0.4 is 20.5 Å². The Balaban J connectivity index is 1.86. The number of fused-ring (bicyclic) bond motifs is 1. The Morgan fingerprint density at radius 1 is 1.26 bits per heavy atom. The van der Waals surface area contributed by atoms with E-state index in [-0.39, 0.29) is 11.8 Å². The average molecular weight is 460 g/mol. The lowest BCUT2D eigenvalue weighted by Crippen LogP contribution is -2.16. The summed E-state index contributed by atoms with van der Waals surface area (Å²) in [5.41, 5.74) is 8.23. The lowest BCUT2D eigenvalue weighted by atomic mass is 10.1. The smallest absolute Gasteiger partial charge is 0.263 e. The van der Waals surface area contributed by atoms with Gasteiger partial charge >= 0.3 is 0 Å². The van der Waals surface area contributed by atoms with Crippen molar-refractivity contribution < 1.29 is 14.3 Å². The van der Waals surface area contributed by atoms with Crippen LogP contribution in [-0.2, 0) is 11.2 Å². The van der Waals surface area contributed by atoms with Crippen LogP contribution in [0.5, 0.6) is 11.5 Å². The number of aliphatic imine (C=N–C) groups is 1. The van der Waals surface area contributed by atoms with Gasteiger partial charge in [-0.15, -0.1) is 0 Å². The summed E-state index contributed by atoms with van der Waals surface area (Å²) in [4.78, 5) is 18.0. The third-order valence-electron chi connectivity index (χ3n) is 4.52. The highest BCUT2D eigenvalue weighted by atomic mass is 35.5. The number of halogens is 1. The number of carbonyl (C=O) groups is 1. The molecule has 2 aromatic carbocycles. The van der Waals surface area contributed by atoms with Gasteiger partial charge in [-0.2, -0.15) is 0 Å². The summed E-state index contributed by atoms with van der Waals surface area (Å²) in [6.45, 7) is 7.17. The second kappa shape index (κ2) is 10.6. The molecule has 1 amide bonds. The molecule has 1 heterocycles. The van der Waals surface area contributed by atoms with Crippen LogP contribution in [-0.4, -0.2) is 24.2 Å². The van der Waals surface area contributed by atoms with E-state index in [4.69, 9.17) is 31.8 Å². The van der Waals surface area contributed by atoms with Gasteiger partial charge in [0.2, 0.25) is 0 Å². The molecule has 8 heteroatoms. The summed E-state index contributed by atoms with van der Waals surface area (Å²) in [5, 5.41) is 4.13. The van der Waals surface area contributed by atoms with Crippen molar-refractivity contribution >= 4 is 45.7 Å². The number of ether oxygens (including phenoxy) is 2. The highest BCUT2D eigenvalue weighted by Crippen LogP contribution is 2.38. The summed E-state index contributed by atoms with van der Waals surface area (Å²) >= 11 is 7.25. The topological polar surface area (TPSA) is 85.9 Å². The maximum atomic E-state index is 12.8. The van der Waals surface area contributed by atoms with E-state index in [1.165, 1.54) is 18.0 Å². The number of hydrogen-bond acceptors (Lipinski definition) is 6. The molecule has 3 N–H and O–H groups in total. The molecule has 3 rings (SSSR count). The Morgan fingerprint density at radius 3 is 2.58 bits per heavy atom. The minimum Gasteiger partial charge on any atom is -0.486 e. The molecule has 0 radical (unpaired) electrons. The van der Waals surface area contributed by atoms with Crippen LogP contribution in [0.2, 0.25) is 5.02 Å². The lowest BCUT2D eigenvalue weighted by Gasteiger charge is -2.20. The van der Waals surface area contributed by atoms with Gasteiger partial charge in [0.1, 0.15) is 13.2 Å². The van der Waals surface area contributed by atoms with Crippen molar-refractivity contribution in [3.8, 4) is 11.5 Å². The van der Waals surface area contributed by atoms with Crippen LogP contribution in [0.4, 0.5) is 11.4 Å². The molecule has 0 unspecified atom stereocenters. The summed E-state index contributed by atoms with van der Waals surface area (Å²) in [6.07, 6.45) is 2.09.